The fourth-order valence-corrected chi connectivity index (χ4v) is 3.99. The standard InChI is InChI=1S/C21H29N5O/c1-15-11-19(20-14-22-16(2)13-23-20)21(24-12-15)26-7-3-17(4-8-26)25-18-5-9-27-10-6-18/h11-14,17-18,25H,3-10H2,1-2H3. The first-order valence-corrected chi connectivity index (χ1v) is 10.0. The fraction of sp³-hybridized carbons (Fsp3) is 0.571. The average Bonchev–Trinajstić information content (AvgIpc) is 2.70. The lowest BCUT2D eigenvalue weighted by molar-refractivity contribution is 0.0738. The summed E-state index contributed by atoms with van der Waals surface area (Å²) in [4.78, 5) is 16.2. The number of anilines is 1. The molecule has 0 atom stereocenters. The molecule has 27 heavy (non-hydrogen) atoms. The Kier molecular flexibility index (Phi) is 5.64. The number of hydrogen-bond acceptors (Lipinski definition) is 6. The van der Waals surface area contributed by atoms with Crippen molar-refractivity contribution < 1.29 is 4.74 Å². The van der Waals surface area contributed by atoms with E-state index in [1.807, 2.05) is 25.5 Å². The lowest BCUT2D eigenvalue weighted by Crippen LogP contribution is -2.48. The summed E-state index contributed by atoms with van der Waals surface area (Å²) >= 11 is 0. The Balaban J connectivity index is 1.45. The second-order valence-electron chi connectivity index (χ2n) is 7.74. The van der Waals surface area contributed by atoms with Gasteiger partial charge >= 0.3 is 0 Å². The number of piperidine rings is 1. The molecule has 6 nitrogen and oxygen atoms in total. The van der Waals surface area contributed by atoms with Crippen molar-refractivity contribution >= 4 is 5.82 Å². The minimum atomic E-state index is 0.595. The van der Waals surface area contributed by atoms with Crippen LogP contribution in [0.4, 0.5) is 5.82 Å². The maximum Gasteiger partial charge on any atom is 0.138 e. The number of hydrogen-bond donors (Lipinski definition) is 1. The van der Waals surface area contributed by atoms with Crippen LogP contribution < -0.4 is 10.2 Å². The highest BCUT2D eigenvalue weighted by Gasteiger charge is 2.25. The van der Waals surface area contributed by atoms with Gasteiger partial charge in [-0.05, 0) is 51.2 Å². The Hall–Kier alpha value is -2.05. The van der Waals surface area contributed by atoms with E-state index in [0.29, 0.717) is 12.1 Å². The summed E-state index contributed by atoms with van der Waals surface area (Å²) in [5.41, 5.74) is 4.06. The molecule has 0 aromatic carbocycles. The number of pyridine rings is 1. The van der Waals surface area contributed by atoms with Gasteiger partial charge in [0, 0.05) is 56.3 Å². The Labute approximate surface area is 161 Å². The van der Waals surface area contributed by atoms with Crippen LogP contribution in [0.5, 0.6) is 0 Å². The minimum Gasteiger partial charge on any atom is -0.381 e. The van der Waals surface area contributed by atoms with E-state index in [1.54, 1.807) is 0 Å². The van der Waals surface area contributed by atoms with Gasteiger partial charge in [-0.15, -0.1) is 0 Å². The Morgan fingerprint density at radius 1 is 0.926 bits per heavy atom. The van der Waals surface area contributed by atoms with Crippen molar-refractivity contribution in [1.29, 1.82) is 0 Å². The van der Waals surface area contributed by atoms with Crippen LogP contribution in [0.1, 0.15) is 36.9 Å². The number of nitrogens with one attached hydrogen (secondary N) is 1. The largest absolute Gasteiger partial charge is 0.381 e. The molecular formula is C21H29N5O. The van der Waals surface area contributed by atoms with E-state index >= 15 is 0 Å². The summed E-state index contributed by atoms with van der Waals surface area (Å²) < 4.78 is 5.47. The van der Waals surface area contributed by atoms with Gasteiger partial charge < -0.3 is 15.0 Å². The van der Waals surface area contributed by atoms with E-state index in [-0.39, 0.29) is 0 Å². The summed E-state index contributed by atoms with van der Waals surface area (Å²) in [5, 5.41) is 3.84. The number of nitrogens with zero attached hydrogens (tertiary/aromatic N) is 4. The maximum atomic E-state index is 5.47. The molecule has 2 aliphatic heterocycles. The van der Waals surface area contributed by atoms with Crippen molar-refractivity contribution in [3.63, 3.8) is 0 Å². The van der Waals surface area contributed by atoms with Crippen molar-refractivity contribution in [2.24, 2.45) is 0 Å². The third-order valence-corrected chi connectivity index (χ3v) is 5.55. The van der Waals surface area contributed by atoms with E-state index in [0.717, 1.165) is 80.3 Å². The summed E-state index contributed by atoms with van der Waals surface area (Å²) in [5.74, 6) is 1.03. The summed E-state index contributed by atoms with van der Waals surface area (Å²) in [6.07, 6.45) is 10.2. The van der Waals surface area contributed by atoms with Crippen molar-refractivity contribution in [3.8, 4) is 11.3 Å². The van der Waals surface area contributed by atoms with E-state index in [4.69, 9.17) is 9.72 Å². The molecule has 2 aromatic heterocycles. The van der Waals surface area contributed by atoms with Gasteiger partial charge in [-0.2, -0.15) is 0 Å². The van der Waals surface area contributed by atoms with E-state index in [2.05, 4.69) is 33.2 Å². The number of ether oxygens (including phenoxy) is 1. The molecule has 0 aliphatic carbocycles. The quantitative estimate of drug-likeness (QED) is 0.896. The predicted octanol–water partition coefficient (Wildman–Crippen LogP) is 2.89. The van der Waals surface area contributed by atoms with Crippen LogP contribution in [0.2, 0.25) is 0 Å². The van der Waals surface area contributed by atoms with E-state index in [1.165, 1.54) is 0 Å². The normalized spacial score (nSPS) is 19.4. The highest BCUT2D eigenvalue weighted by molar-refractivity contribution is 5.73. The molecule has 2 aromatic rings. The fourth-order valence-electron chi connectivity index (χ4n) is 3.99. The van der Waals surface area contributed by atoms with Crippen molar-refractivity contribution in [2.45, 2.75) is 51.6 Å². The molecular weight excluding hydrogens is 338 g/mol. The monoisotopic (exact) mass is 367 g/mol. The average molecular weight is 367 g/mol. The predicted molar refractivity (Wildman–Crippen MR) is 107 cm³/mol. The van der Waals surface area contributed by atoms with Crippen LogP contribution in [-0.4, -0.2) is 53.3 Å². The lowest BCUT2D eigenvalue weighted by Gasteiger charge is -2.36. The van der Waals surface area contributed by atoms with Crippen LogP contribution in [0.3, 0.4) is 0 Å². The molecule has 4 heterocycles. The number of aryl methyl sites for hydroxylation is 2. The highest BCUT2D eigenvalue weighted by atomic mass is 16.5. The molecule has 0 amide bonds. The van der Waals surface area contributed by atoms with E-state index in [9.17, 15) is 0 Å². The van der Waals surface area contributed by atoms with Crippen LogP contribution in [0.15, 0.2) is 24.7 Å². The van der Waals surface area contributed by atoms with Gasteiger partial charge in [0.1, 0.15) is 5.82 Å². The first-order chi connectivity index (χ1) is 13.2. The highest BCUT2D eigenvalue weighted by Crippen LogP contribution is 2.30. The van der Waals surface area contributed by atoms with Gasteiger partial charge in [0.2, 0.25) is 0 Å². The molecule has 0 saturated carbocycles. The molecule has 6 heteroatoms. The third-order valence-electron chi connectivity index (χ3n) is 5.55. The van der Waals surface area contributed by atoms with Crippen molar-refractivity contribution in [2.75, 3.05) is 31.2 Å². The zero-order valence-corrected chi connectivity index (χ0v) is 16.3. The Bertz CT molecular complexity index is 750. The summed E-state index contributed by atoms with van der Waals surface area (Å²) in [6.45, 7) is 7.86. The second kappa shape index (κ2) is 8.31. The number of aromatic nitrogens is 3. The summed E-state index contributed by atoms with van der Waals surface area (Å²) in [7, 11) is 0. The molecule has 0 bridgehead atoms. The summed E-state index contributed by atoms with van der Waals surface area (Å²) in [6, 6.07) is 3.39. The molecule has 0 unspecified atom stereocenters. The van der Waals surface area contributed by atoms with Crippen molar-refractivity contribution in [3.05, 3.63) is 35.9 Å². The minimum absolute atomic E-state index is 0.595. The third kappa shape index (κ3) is 4.45. The number of rotatable bonds is 4. The second-order valence-corrected chi connectivity index (χ2v) is 7.74. The van der Waals surface area contributed by atoms with Crippen LogP contribution in [-0.2, 0) is 4.74 Å². The smallest absolute Gasteiger partial charge is 0.138 e. The van der Waals surface area contributed by atoms with Gasteiger partial charge in [0.05, 0.1) is 17.6 Å². The SMILES string of the molecule is Cc1cnc(N2CCC(NC3CCOCC3)CC2)c(-c2cnc(C)cn2)c1. The Morgan fingerprint density at radius 3 is 2.37 bits per heavy atom. The molecule has 2 saturated heterocycles. The molecule has 144 valence electrons. The van der Waals surface area contributed by atoms with Gasteiger partial charge in [0.25, 0.3) is 0 Å². The zero-order chi connectivity index (χ0) is 18.6. The van der Waals surface area contributed by atoms with Gasteiger partial charge in [-0.25, -0.2) is 4.98 Å². The van der Waals surface area contributed by atoms with Crippen LogP contribution in [0, 0.1) is 13.8 Å². The van der Waals surface area contributed by atoms with Crippen LogP contribution in [0.25, 0.3) is 11.3 Å². The topological polar surface area (TPSA) is 63.2 Å². The van der Waals surface area contributed by atoms with Gasteiger partial charge in [0.15, 0.2) is 0 Å². The molecule has 0 spiro atoms. The maximum absolute atomic E-state index is 5.47. The van der Waals surface area contributed by atoms with Crippen molar-refractivity contribution in [1.82, 2.24) is 20.3 Å². The molecule has 1 N–H and O–H groups in total. The van der Waals surface area contributed by atoms with Gasteiger partial charge in [-0.1, -0.05) is 0 Å². The Morgan fingerprint density at radius 2 is 1.67 bits per heavy atom. The zero-order valence-electron chi connectivity index (χ0n) is 16.3. The lowest BCUT2D eigenvalue weighted by atomic mass is 10.0. The molecule has 0 radical (unpaired) electrons. The first-order valence-electron chi connectivity index (χ1n) is 10.0. The van der Waals surface area contributed by atoms with E-state index < -0.39 is 0 Å². The molecule has 2 aliphatic rings. The molecule has 2 fully saturated rings. The molecule has 4 rings (SSSR count). The van der Waals surface area contributed by atoms with Gasteiger partial charge in [-0.3, -0.25) is 9.97 Å². The first kappa shape index (κ1) is 18.3. The van der Waals surface area contributed by atoms with Crippen LogP contribution >= 0.6 is 0 Å².